The second-order valence-corrected chi connectivity index (χ2v) is 20.8. The molecule has 0 aromatic heterocycles. The van der Waals surface area contributed by atoms with E-state index in [2.05, 4.69) is 5.32 Å². The van der Waals surface area contributed by atoms with Crippen LogP contribution in [0.4, 0.5) is 14.4 Å². The van der Waals surface area contributed by atoms with Gasteiger partial charge in [0.25, 0.3) is 0 Å². The summed E-state index contributed by atoms with van der Waals surface area (Å²) in [5, 5.41) is 2.86. The van der Waals surface area contributed by atoms with Crippen molar-refractivity contribution >= 4 is 42.0 Å². The van der Waals surface area contributed by atoms with Gasteiger partial charge < -0.3 is 54.3 Å². The number of fused-ring (bicyclic) bond motifs is 2. The highest BCUT2D eigenvalue weighted by atomic mass is 16.6. The Labute approximate surface area is 417 Å². The number of alkyl carbamates (subject to hydrolysis) is 1. The molecule has 388 valence electrons. The van der Waals surface area contributed by atoms with Crippen LogP contribution in [0.15, 0.2) is 60.7 Å². The topological polar surface area (TPSA) is 217 Å². The number of carbonyl (C=O) groups is 7. The standard InChI is InChI=1S/C29H41N3O7.C24H33N3O5/c1-29(2,3)39-27(35)30-23(20-13-9-6-10-14-20)25(33)31-16-15-22-24(31)21(26(34)37-4)17-32(22)28(36)38-18-19-11-7-5-8-12-19;1-31-23(29)18-14-27(24(30)32-15-16-8-4-2-5-9-16)19-12-13-26(21(18)19)22(28)20(25)17-10-6-3-7-11-17/h5,7-8,11-12,20-24H,6,9-10,13-18H2,1-4H3,(H,30,35);2,4-5,8-9,17-21H,3,6-7,10-15,25H2,1H3/t21-,22+,23-,24+;18-,19+,20-,21+/m00/s1. The minimum absolute atomic E-state index is 0.0252. The molecule has 0 spiro atoms. The Kier molecular flexibility index (Phi) is 17.9. The van der Waals surface area contributed by atoms with E-state index in [0.29, 0.717) is 25.9 Å². The van der Waals surface area contributed by atoms with Crippen molar-refractivity contribution in [2.45, 2.75) is 153 Å². The first-order valence-electron chi connectivity index (χ1n) is 25.6. The van der Waals surface area contributed by atoms with Gasteiger partial charge in [-0.1, -0.05) is 99.2 Å². The van der Waals surface area contributed by atoms with Gasteiger partial charge in [-0.3, -0.25) is 19.2 Å². The number of esters is 2. The summed E-state index contributed by atoms with van der Waals surface area (Å²) in [6, 6.07) is 15.9. The van der Waals surface area contributed by atoms with Gasteiger partial charge in [0, 0.05) is 26.2 Å². The van der Waals surface area contributed by atoms with Crippen molar-refractivity contribution in [3.63, 3.8) is 0 Å². The molecule has 3 N–H and O–H groups in total. The molecule has 2 aromatic carbocycles. The minimum atomic E-state index is -0.767. The molecule has 4 aliphatic heterocycles. The third-order valence-corrected chi connectivity index (χ3v) is 15.2. The van der Waals surface area contributed by atoms with Crippen LogP contribution in [0.3, 0.4) is 0 Å². The van der Waals surface area contributed by atoms with Crippen LogP contribution >= 0.6 is 0 Å². The molecule has 5 amide bonds. The molecule has 4 saturated heterocycles. The predicted molar refractivity (Wildman–Crippen MR) is 260 cm³/mol. The van der Waals surface area contributed by atoms with Crippen molar-refractivity contribution in [1.29, 1.82) is 0 Å². The van der Waals surface area contributed by atoms with E-state index in [1.165, 1.54) is 20.6 Å². The molecule has 0 radical (unpaired) electrons. The van der Waals surface area contributed by atoms with E-state index < -0.39 is 71.8 Å². The normalized spacial score (nSPS) is 25.2. The monoisotopic (exact) mass is 987 g/mol. The predicted octanol–water partition coefficient (Wildman–Crippen LogP) is 6.18. The molecule has 18 heteroatoms. The molecular formula is C53H74N6O12. The lowest BCUT2D eigenvalue weighted by Gasteiger charge is -2.36. The molecule has 2 saturated carbocycles. The highest BCUT2D eigenvalue weighted by molar-refractivity contribution is 5.88. The van der Waals surface area contributed by atoms with Gasteiger partial charge in [-0.15, -0.1) is 0 Å². The number of amides is 5. The number of hydrogen-bond donors (Lipinski definition) is 2. The average molecular weight is 987 g/mol. The average Bonchev–Trinajstić information content (AvgIpc) is 4.19. The highest BCUT2D eigenvalue weighted by Crippen LogP contribution is 2.40. The SMILES string of the molecule is COC(=O)[C@H]1CN(C(=O)OCc2ccccc2)[C@@H]2CCN(C(=O)[C@@H](N)C3CCCCC3)[C@H]12.COC(=O)[C@H]1CN(C(=O)OCc2ccccc2)[C@@H]2CCN(C(=O)[C@@H](NC(=O)OC(C)(C)C)C3CCCCC3)[C@H]12. The van der Waals surface area contributed by atoms with Gasteiger partial charge in [-0.2, -0.15) is 0 Å². The van der Waals surface area contributed by atoms with Gasteiger partial charge in [-0.25, -0.2) is 14.4 Å². The molecule has 18 nitrogen and oxygen atoms in total. The number of rotatable bonds is 11. The Morgan fingerprint density at radius 3 is 1.44 bits per heavy atom. The third-order valence-electron chi connectivity index (χ3n) is 15.2. The van der Waals surface area contributed by atoms with E-state index in [0.717, 1.165) is 68.9 Å². The van der Waals surface area contributed by atoms with Crippen LogP contribution in [0.2, 0.25) is 0 Å². The summed E-state index contributed by atoms with van der Waals surface area (Å²) >= 11 is 0. The van der Waals surface area contributed by atoms with E-state index >= 15 is 0 Å². The first-order chi connectivity index (χ1) is 34.1. The minimum Gasteiger partial charge on any atom is -0.469 e. The zero-order valence-corrected chi connectivity index (χ0v) is 42.0. The number of hydrogen-bond acceptors (Lipinski definition) is 13. The summed E-state index contributed by atoms with van der Waals surface area (Å²) in [4.78, 5) is 98.2. The van der Waals surface area contributed by atoms with Gasteiger partial charge in [0.05, 0.1) is 56.3 Å². The summed E-state index contributed by atoms with van der Waals surface area (Å²) in [7, 11) is 2.65. The van der Waals surface area contributed by atoms with Crippen LogP contribution in [-0.4, -0.2) is 144 Å². The second kappa shape index (κ2) is 24.0. The smallest absolute Gasteiger partial charge is 0.410 e. The number of benzene rings is 2. The van der Waals surface area contributed by atoms with E-state index in [4.69, 9.17) is 29.4 Å². The Morgan fingerprint density at radius 2 is 1.01 bits per heavy atom. The largest absolute Gasteiger partial charge is 0.469 e. The summed E-state index contributed by atoms with van der Waals surface area (Å²) in [6.07, 6.45) is 9.53. The third kappa shape index (κ3) is 12.8. The highest BCUT2D eigenvalue weighted by Gasteiger charge is 2.57. The Bertz CT molecular complexity index is 2160. The van der Waals surface area contributed by atoms with Crippen molar-refractivity contribution in [3.05, 3.63) is 71.8 Å². The summed E-state index contributed by atoms with van der Waals surface area (Å²) in [6.45, 7) is 6.73. The lowest BCUT2D eigenvalue weighted by Crippen LogP contribution is -2.56. The lowest BCUT2D eigenvalue weighted by molar-refractivity contribution is -0.149. The van der Waals surface area contributed by atoms with E-state index in [1.807, 2.05) is 60.7 Å². The number of ether oxygens (including phenoxy) is 5. The summed E-state index contributed by atoms with van der Waals surface area (Å²) in [5.41, 5.74) is 7.45. The Hall–Kier alpha value is -5.91. The van der Waals surface area contributed by atoms with Crippen LogP contribution in [0, 0.1) is 23.7 Å². The van der Waals surface area contributed by atoms with E-state index in [1.54, 1.807) is 40.4 Å². The van der Waals surface area contributed by atoms with Crippen molar-refractivity contribution in [2.24, 2.45) is 29.4 Å². The maximum atomic E-state index is 14.1. The fourth-order valence-electron chi connectivity index (χ4n) is 11.8. The van der Waals surface area contributed by atoms with Crippen molar-refractivity contribution in [2.75, 3.05) is 40.4 Å². The maximum absolute atomic E-state index is 14.1. The molecule has 71 heavy (non-hydrogen) atoms. The molecule has 0 bridgehead atoms. The first kappa shape index (κ1) is 52.9. The zero-order chi connectivity index (χ0) is 50.8. The molecule has 8 atom stereocenters. The number of nitrogens with one attached hydrogen (secondary N) is 1. The lowest BCUT2D eigenvalue weighted by atomic mass is 9.83. The molecule has 4 heterocycles. The van der Waals surface area contributed by atoms with Crippen LogP contribution in [-0.2, 0) is 56.1 Å². The van der Waals surface area contributed by atoms with Crippen molar-refractivity contribution in [1.82, 2.24) is 24.9 Å². The number of likely N-dealkylation sites (tertiary alicyclic amines) is 4. The second-order valence-electron chi connectivity index (χ2n) is 20.8. The molecule has 6 aliphatic rings. The van der Waals surface area contributed by atoms with Crippen LogP contribution in [0.1, 0.15) is 109 Å². The van der Waals surface area contributed by atoms with Crippen molar-refractivity contribution < 1.29 is 57.2 Å². The zero-order valence-electron chi connectivity index (χ0n) is 42.0. The number of nitrogens with zero attached hydrogens (tertiary/aromatic N) is 4. The van der Waals surface area contributed by atoms with Gasteiger partial charge in [0.2, 0.25) is 11.8 Å². The number of methoxy groups -OCH3 is 2. The Balaban J connectivity index is 0.000000213. The summed E-state index contributed by atoms with van der Waals surface area (Å²) in [5.74, 6) is -2.39. The quantitative estimate of drug-likeness (QED) is 0.190. The molecule has 8 rings (SSSR count). The Morgan fingerprint density at radius 1 is 0.592 bits per heavy atom. The van der Waals surface area contributed by atoms with Crippen molar-refractivity contribution in [3.8, 4) is 0 Å². The summed E-state index contributed by atoms with van der Waals surface area (Å²) < 4.78 is 26.7. The van der Waals surface area contributed by atoms with Gasteiger partial charge in [0.15, 0.2) is 0 Å². The first-order valence-corrected chi connectivity index (χ1v) is 25.6. The van der Waals surface area contributed by atoms with Crippen LogP contribution in [0.5, 0.6) is 0 Å². The van der Waals surface area contributed by atoms with Crippen LogP contribution in [0.25, 0.3) is 0 Å². The molecule has 2 aromatic rings. The molecular weight excluding hydrogens is 913 g/mol. The fourth-order valence-corrected chi connectivity index (χ4v) is 11.8. The molecule has 2 aliphatic carbocycles. The maximum Gasteiger partial charge on any atom is 0.410 e. The molecule has 0 unspecified atom stereocenters. The number of carbonyl (C=O) groups excluding carboxylic acids is 7. The van der Waals surface area contributed by atoms with E-state index in [-0.39, 0.29) is 62.0 Å². The van der Waals surface area contributed by atoms with Gasteiger partial charge in [-0.05, 0) is 82.3 Å². The fraction of sp³-hybridized carbons (Fsp3) is 0.642. The van der Waals surface area contributed by atoms with Gasteiger partial charge >= 0.3 is 30.2 Å². The van der Waals surface area contributed by atoms with E-state index in [9.17, 15) is 33.6 Å². The number of nitrogens with two attached hydrogens (primary N) is 1. The van der Waals surface area contributed by atoms with Crippen LogP contribution < -0.4 is 11.1 Å². The van der Waals surface area contributed by atoms with Gasteiger partial charge in [0.1, 0.15) is 24.9 Å². The molecule has 6 fully saturated rings.